The number of ether oxygens (including phenoxy) is 3. The Morgan fingerprint density at radius 1 is 1.17 bits per heavy atom. The quantitative estimate of drug-likeness (QED) is 0.329. The van der Waals surface area contributed by atoms with Gasteiger partial charge in [0.25, 0.3) is 5.60 Å². The lowest BCUT2D eigenvalue weighted by Gasteiger charge is -2.30. The molecule has 2 N–H and O–H groups in total. The van der Waals surface area contributed by atoms with E-state index in [1.807, 2.05) is 0 Å². The Morgan fingerprint density at radius 3 is 2.21 bits per heavy atom. The first-order valence-corrected chi connectivity index (χ1v) is 8.82. The lowest BCUT2D eigenvalue weighted by atomic mass is 9.89. The van der Waals surface area contributed by atoms with Gasteiger partial charge in [-0.15, -0.1) is 0 Å². The molecule has 1 aliphatic heterocycles. The topological polar surface area (TPSA) is 114 Å². The lowest BCUT2D eigenvalue weighted by molar-refractivity contribution is -0.186. The van der Waals surface area contributed by atoms with Gasteiger partial charge in [0.1, 0.15) is 11.4 Å². The van der Waals surface area contributed by atoms with Crippen LogP contribution in [0.2, 0.25) is 0 Å². The summed E-state index contributed by atoms with van der Waals surface area (Å²) in [5, 5.41) is 0. The summed E-state index contributed by atoms with van der Waals surface area (Å²) in [7, 11) is 0. The number of ketones is 1. The highest BCUT2D eigenvalue weighted by atomic mass is 19.1. The van der Waals surface area contributed by atoms with E-state index >= 15 is 0 Å². The first-order chi connectivity index (χ1) is 13.3. The predicted octanol–water partition coefficient (Wildman–Crippen LogP) is 2.10. The number of esters is 2. The van der Waals surface area contributed by atoms with Crippen molar-refractivity contribution in [3.8, 4) is 0 Å². The van der Waals surface area contributed by atoms with Gasteiger partial charge in [0.2, 0.25) is 17.3 Å². The number of nitrogens with two attached hydrogens (primary N) is 1. The molecule has 0 aliphatic carbocycles. The van der Waals surface area contributed by atoms with Crippen molar-refractivity contribution in [2.24, 2.45) is 5.90 Å². The Morgan fingerprint density at radius 2 is 1.76 bits per heavy atom. The van der Waals surface area contributed by atoms with E-state index in [1.54, 1.807) is 20.8 Å². The van der Waals surface area contributed by atoms with E-state index in [1.165, 1.54) is 26.0 Å². The van der Waals surface area contributed by atoms with Crippen LogP contribution in [0, 0.1) is 5.82 Å². The van der Waals surface area contributed by atoms with Crippen LogP contribution in [-0.4, -0.2) is 34.7 Å². The largest absolute Gasteiger partial charge is 0.457 e. The van der Waals surface area contributed by atoms with Crippen LogP contribution in [0.1, 0.15) is 40.2 Å². The van der Waals surface area contributed by atoms with Crippen LogP contribution in [0.15, 0.2) is 36.1 Å². The summed E-state index contributed by atoms with van der Waals surface area (Å²) in [6.07, 6.45) is 0.428. The van der Waals surface area contributed by atoms with Crippen LogP contribution in [0.5, 0.6) is 0 Å². The van der Waals surface area contributed by atoms with Crippen LogP contribution >= 0.6 is 0 Å². The zero-order valence-electron chi connectivity index (χ0n) is 16.9. The van der Waals surface area contributed by atoms with E-state index in [-0.39, 0.29) is 6.42 Å². The molecule has 1 aliphatic rings. The van der Waals surface area contributed by atoms with Crippen molar-refractivity contribution in [1.29, 1.82) is 0 Å². The van der Waals surface area contributed by atoms with Crippen LogP contribution < -0.4 is 5.90 Å². The number of hydrogen-bond acceptors (Lipinski definition) is 8. The number of cyclic esters (lactones) is 1. The molecule has 29 heavy (non-hydrogen) atoms. The fourth-order valence-corrected chi connectivity index (χ4v) is 2.58. The molecule has 1 atom stereocenters. The molecule has 1 saturated heterocycles. The maximum atomic E-state index is 13.2. The van der Waals surface area contributed by atoms with Gasteiger partial charge in [-0.2, -0.15) is 0 Å². The number of carbonyl (C=O) groups excluding carboxylic acids is 3. The van der Waals surface area contributed by atoms with Gasteiger partial charge in [-0.3, -0.25) is 9.63 Å². The average molecular weight is 409 g/mol. The maximum absolute atomic E-state index is 13.2. The number of hydrogen-bond donors (Lipinski definition) is 1. The van der Waals surface area contributed by atoms with E-state index in [0.29, 0.717) is 5.56 Å². The molecule has 1 fully saturated rings. The Labute approximate surface area is 167 Å². The van der Waals surface area contributed by atoms with E-state index in [2.05, 4.69) is 0 Å². The molecule has 0 bridgehead atoms. The molecule has 0 spiro atoms. The van der Waals surface area contributed by atoms with Gasteiger partial charge in [0.05, 0.1) is 0 Å². The molecule has 0 radical (unpaired) electrons. The molecule has 1 aromatic carbocycles. The first-order valence-electron chi connectivity index (χ1n) is 8.82. The number of rotatable bonds is 6. The van der Waals surface area contributed by atoms with E-state index in [0.717, 1.165) is 18.2 Å². The SMILES string of the molecule is CC(C)(C)OC(=O)C(Cc1ccc(F)cc1)(ON)C(=O)C=C1OC(C)(C)OC1=O. The van der Waals surface area contributed by atoms with Crippen molar-refractivity contribution in [3.05, 3.63) is 47.5 Å². The van der Waals surface area contributed by atoms with Crippen LogP contribution in [0.25, 0.3) is 0 Å². The summed E-state index contributed by atoms with van der Waals surface area (Å²) in [5.74, 6) is 0.301. The summed E-state index contributed by atoms with van der Waals surface area (Å²) in [6, 6.07) is 5.07. The van der Waals surface area contributed by atoms with Gasteiger partial charge in [-0.05, 0) is 38.5 Å². The van der Waals surface area contributed by atoms with Crippen molar-refractivity contribution in [2.45, 2.75) is 58.0 Å². The number of halogens is 1. The Kier molecular flexibility index (Phi) is 6.15. The Hall–Kier alpha value is -2.78. The molecule has 2 rings (SSSR count). The third-order valence-electron chi connectivity index (χ3n) is 3.85. The molecule has 1 unspecified atom stereocenters. The summed E-state index contributed by atoms with van der Waals surface area (Å²) in [5.41, 5.74) is -2.90. The highest BCUT2D eigenvalue weighted by Crippen LogP contribution is 2.29. The molecule has 1 aromatic rings. The monoisotopic (exact) mass is 409 g/mol. The maximum Gasteiger partial charge on any atom is 0.377 e. The van der Waals surface area contributed by atoms with Crippen LogP contribution in [-0.2, 0) is 39.9 Å². The second-order valence-electron chi connectivity index (χ2n) is 8.01. The molecule has 0 aromatic heterocycles. The van der Waals surface area contributed by atoms with Gasteiger partial charge in [0, 0.05) is 26.3 Å². The van der Waals surface area contributed by atoms with Crippen LogP contribution in [0.4, 0.5) is 4.39 Å². The van der Waals surface area contributed by atoms with E-state index < -0.39 is 46.3 Å². The zero-order valence-corrected chi connectivity index (χ0v) is 16.9. The van der Waals surface area contributed by atoms with Crippen molar-refractivity contribution >= 4 is 17.7 Å². The van der Waals surface area contributed by atoms with E-state index in [4.69, 9.17) is 24.9 Å². The molecular formula is C20H24FNO7. The smallest absolute Gasteiger partial charge is 0.377 e. The highest BCUT2D eigenvalue weighted by molar-refractivity contribution is 6.14. The summed E-state index contributed by atoms with van der Waals surface area (Å²) in [4.78, 5) is 42.8. The van der Waals surface area contributed by atoms with Crippen molar-refractivity contribution < 1.29 is 37.8 Å². The van der Waals surface area contributed by atoms with Gasteiger partial charge in [-0.1, -0.05) is 12.1 Å². The standard InChI is InChI=1S/C20H24FNO7/c1-18(2,3)28-17(25)20(29-22,11-12-6-8-13(21)9-7-12)15(23)10-14-16(24)27-19(4,5)26-14/h6-10H,11,22H2,1-5H3. The Bertz CT molecular complexity index is 839. The lowest BCUT2D eigenvalue weighted by Crippen LogP contribution is -2.54. The predicted molar refractivity (Wildman–Crippen MR) is 98.3 cm³/mol. The van der Waals surface area contributed by atoms with Crippen molar-refractivity contribution in [2.75, 3.05) is 0 Å². The normalized spacial score (nSPS) is 19.3. The zero-order chi connectivity index (χ0) is 22.0. The summed E-state index contributed by atoms with van der Waals surface area (Å²) >= 11 is 0. The fourth-order valence-electron chi connectivity index (χ4n) is 2.58. The second-order valence-corrected chi connectivity index (χ2v) is 8.01. The van der Waals surface area contributed by atoms with Gasteiger partial charge in [-0.25, -0.2) is 19.9 Å². The molecule has 158 valence electrons. The molecule has 1 heterocycles. The van der Waals surface area contributed by atoms with E-state index in [9.17, 15) is 18.8 Å². The average Bonchev–Trinajstić information content (AvgIpc) is 2.84. The fraction of sp³-hybridized carbons (Fsp3) is 0.450. The minimum atomic E-state index is -2.32. The Balaban J connectivity index is 2.47. The third-order valence-corrected chi connectivity index (χ3v) is 3.85. The second kappa shape index (κ2) is 7.92. The van der Waals surface area contributed by atoms with Crippen molar-refractivity contribution in [3.63, 3.8) is 0 Å². The minimum Gasteiger partial charge on any atom is -0.457 e. The van der Waals surface area contributed by atoms with Crippen molar-refractivity contribution in [1.82, 2.24) is 0 Å². The number of benzene rings is 1. The first kappa shape index (κ1) is 22.5. The summed E-state index contributed by atoms with van der Waals surface area (Å²) in [6.45, 7) is 7.78. The molecule has 8 nitrogen and oxygen atoms in total. The molecule has 0 saturated carbocycles. The number of carbonyl (C=O) groups is 3. The molecule has 0 amide bonds. The van der Waals surface area contributed by atoms with Gasteiger partial charge in [0.15, 0.2) is 0 Å². The minimum absolute atomic E-state index is 0.361. The van der Waals surface area contributed by atoms with Crippen LogP contribution in [0.3, 0.4) is 0 Å². The molecule has 9 heteroatoms. The highest BCUT2D eigenvalue weighted by Gasteiger charge is 2.50. The molecular weight excluding hydrogens is 385 g/mol. The van der Waals surface area contributed by atoms with Gasteiger partial charge < -0.3 is 14.2 Å². The third kappa shape index (κ3) is 5.39. The summed E-state index contributed by atoms with van der Waals surface area (Å²) < 4.78 is 28.8. The van der Waals surface area contributed by atoms with Gasteiger partial charge >= 0.3 is 11.9 Å².